The summed E-state index contributed by atoms with van der Waals surface area (Å²) in [4.78, 5) is 33.5. The molecule has 0 saturated carbocycles. The van der Waals surface area contributed by atoms with Crippen LogP contribution in [0.25, 0.3) is 0 Å². The molecule has 2 aromatic rings. The van der Waals surface area contributed by atoms with E-state index in [1.165, 1.54) is 21.2 Å². The van der Waals surface area contributed by atoms with Crippen LogP contribution in [0.3, 0.4) is 0 Å². The number of nitrogens with zero attached hydrogens (tertiary/aromatic N) is 3. The van der Waals surface area contributed by atoms with Gasteiger partial charge in [-0.25, -0.2) is 4.79 Å². The molecule has 0 unspecified atom stereocenters. The van der Waals surface area contributed by atoms with Crippen LogP contribution in [0.15, 0.2) is 52.3 Å². The lowest BCUT2D eigenvalue weighted by Gasteiger charge is -2.35. The number of hydrogen-bond donors (Lipinski definition) is 1. The highest BCUT2D eigenvalue weighted by molar-refractivity contribution is 7.99. The van der Waals surface area contributed by atoms with Gasteiger partial charge in [-0.05, 0) is 76.9 Å². The third-order valence-electron chi connectivity index (χ3n) is 7.06. The largest absolute Gasteiger partial charge is 0.464 e. The predicted molar refractivity (Wildman–Crippen MR) is 166 cm³/mol. The summed E-state index contributed by atoms with van der Waals surface area (Å²) in [5.41, 5.74) is 1.93. The number of piperazine rings is 1. The van der Waals surface area contributed by atoms with Gasteiger partial charge in [-0.15, -0.1) is 0 Å². The van der Waals surface area contributed by atoms with Gasteiger partial charge in [-0.2, -0.15) is 0 Å². The summed E-state index contributed by atoms with van der Waals surface area (Å²) in [7, 11) is 0. The molecule has 0 atom stereocenters. The molecule has 4 rings (SSSR count). The molecule has 1 N–H and O–H groups in total. The van der Waals surface area contributed by atoms with Crippen LogP contribution in [-0.2, 0) is 14.3 Å². The van der Waals surface area contributed by atoms with Crippen LogP contribution < -0.4 is 10.2 Å². The number of para-hydroxylation sites is 1. The Balaban J connectivity index is 1.07. The third kappa shape index (κ3) is 10.1. The Bertz CT molecular complexity index is 1170. The molecule has 8 nitrogen and oxygen atoms in total. The number of nitrogens with one attached hydrogen (secondary N) is 1. The molecule has 0 aromatic heterocycles. The maximum Gasteiger partial charge on any atom is 0.407 e. The van der Waals surface area contributed by atoms with Crippen LogP contribution >= 0.6 is 23.4 Å². The maximum atomic E-state index is 12.0. The third-order valence-corrected chi connectivity index (χ3v) is 8.42. The van der Waals surface area contributed by atoms with Gasteiger partial charge >= 0.3 is 12.1 Å². The van der Waals surface area contributed by atoms with Crippen LogP contribution in [0.1, 0.15) is 46.5 Å². The highest BCUT2D eigenvalue weighted by atomic mass is 35.5. The number of anilines is 2. The molecule has 10 heteroatoms. The van der Waals surface area contributed by atoms with Gasteiger partial charge in [-0.3, -0.25) is 9.69 Å². The van der Waals surface area contributed by atoms with Crippen LogP contribution in [0.4, 0.5) is 16.2 Å². The van der Waals surface area contributed by atoms with Crippen molar-refractivity contribution in [2.75, 3.05) is 63.9 Å². The van der Waals surface area contributed by atoms with Crippen LogP contribution in [0.2, 0.25) is 5.02 Å². The first kappa shape index (κ1) is 31.5. The minimum absolute atomic E-state index is 0.227. The summed E-state index contributed by atoms with van der Waals surface area (Å²) in [5, 5.41) is 3.43. The van der Waals surface area contributed by atoms with Gasteiger partial charge in [0.25, 0.3) is 0 Å². The Kier molecular flexibility index (Phi) is 11.6. The summed E-state index contributed by atoms with van der Waals surface area (Å²) in [6, 6.07) is 14.8. The number of rotatable bonds is 12. The van der Waals surface area contributed by atoms with Gasteiger partial charge in [0.2, 0.25) is 0 Å². The molecule has 2 aliphatic heterocycles. The molecule has 224 valence electrons. The molecule has 1 fully saturated rings. The molecular weight excluding hydrogens is 560 g/mol. The van der Waals surface area contributed by atoms with Crippen molar-refractivity contribution in [1.29, 1.82) is 0 Å². The fraction of sp³-hybridized carbons (Fsp3) is 0.548. The number of ether oxygens (including phenoxy) is 2. The van der Waals surface area contributed by atoms with Crippen LogP contribution in [0.5, 0.6) is 0 Å². The van der Waals surface area contributed by atoms with Gasteiger partial charge in [0, 0.05) is 67.0 Å². The maximum absolute atomic E-state index is 12.0. The Morgan fingerprint density at radius 3 is 2.34 bits per heavy atom. The molecule has 0 aliphatic carbocycles. The number of unbranched alkanes of at least 4 members (excludes halogenated alkanes) is 1. The van der Waals surface area contributed by atoms with Gasteiger partial charge < -0.3 is 24.6 Å². The van der Waals surface area contributed by atoms with Crippen LogP contribution in [-0.4, -0.2) is 86.4 Å². The summed E-state index contributed by atoms with van der Waals surface area (Å²) in [6.07, 6.45) is 2.59. The first-order chi connectivity index (χ1) is 19.7. The Labute approximate surface area is 253 Å². The standard InChI is InChI=1S/C31H43ClN4O4S/c1-31(2,3)40-30(38)33-14-8-11-29(37)39-22-21-35-19-17-34(18-20-35)15-6-7-16-36-25-9-4-5-10-27(25)41-28-13-12-24(32)23-26(28)36/h4-5,9-10,12-13,23H,6-8,11,14-22H2,1-3H3,(H,33,38). The zero-order valence-corrected chi connectivity index (χ0v) is 26.1. The average molecular weight is 603 g/mol. The number of amides is 1. The van der Waals surface area contributed by atoms with Gasteiger partial charge in [0.1, 0.15) is 12.2 Å². The van der Waals surface area contributed by atoms with Crippen molar-refractivity contribution in [3.05, 3.63) is 47.5 Å². The van der Waals surface area contributed by atoms with Crippen molar-refractivity contribution < 1.29 is 19.1 Å². The van der Waals surface area contributed by atoms with E-state index in [0.717, 1.165) is 63.7 Å². The number of alkyl carbamates (subject to hydrolysis) is 1. The highest BCUT2D eigenvalue weighted by Crippen LogP contribution is 2.48. The summed E-state index contributed by atoms with van der Waals surface area (Å²) in [5.74, 6) is -0.227. The first-order valence-electron chi connectivity index (χ1n) is 14.6. The number of hydrogen-bond acceptors (Lipinski definition) is 8. The lowest BCUT2D eigenvalue weighted by molar-refractivity contribution is -0.144. The summed E-state index contributed by atoms with van der Waals surface area (Å²) >= 11 is 8.17. The van der Waals surface area contributed by atoms with Crippen molar-refractivity contribution in [3.8, 4) is 0 Å². The van der Waals surface area contributed by atoms with Crippen LogP contribution in [0, 0.1) is 0 Å². The topological polar surface area (TPSA) is 74.3 Å². The van der Waals surface area contributed by atoms with E-state index >= 15 is 0 Å². The average Bonchev–Trinajstić information content (AvgIpc) is 2.93. The Hall–Kier alpha value is -2.46. The zero-order chi connectivity index (χ0) is 29.2. The van der Waals surface area contributed by atoms with Crippen molar-refractivity contribution >= 4 is 46.8 Å². The molecule has 41 heavy (non-hydrogen) atoms. The lowest BCUT2D eigenvalue weighted by atomic mass is 10.2. The van der Waals surface area contributed by atoms with Crippen molar-refractivity contribution in [2.45, 2.75) is 61.8 Å². The molecule has 2 aliphatic rings. The Morgan fingerprint density at radius 1 is 0.902 bits per heavy atom. The second-order valence-corrected chi connectivity index (χ2v) is 13.0. The monoisotopic (exact) mass is 602 g/mol. The zero-order valence-electron chi connectivity index (χ0n) is 24.5. The van der Waals surface area contributed by atoms with Gasteiger partial charge in [-0.1, -0.05) is 35.5 Å². The number of halogens is 1. The second kappa shape index (κ2) is 15.1. The smallest absolute Gasteiger partial charge is 0.407 e. The Morgan fingerprint density at radius 2 is 1.59 bits per heavy atom. The van der Waals surface area contributed by atoms with Gasteiger partial charge in [0.05, 0.1) is 11.4 Å². The number of esters is 1. The van der Waals surface area contributed by atoms with Crippen molar-refractivity contribution in [1.82, 2.24) is 15.1 Å². The minimum atomic E-state index is -0.530. The summed E-state index contributed by atoms with van der Waals surface area (Å²) < 4.78 is 10.6. The molecule has 0 spiro atoms. The molecule has 1 amide bonds. The van der Waals surface area contributed by atoms with E-state index in [0.29, 0.717) is 19.6 Å². The number of carbonyl (C=O) groups is 2. The minimum Gasteiger partial charge on any atom is -0.464 e. The van der Waals surface area contributed by atoms with E-state index in [1.54, 1.807) is 0 Å². The predicted octanol–water partition coefficient (Wildman–Crippen LogP) is 6.19. The SMILES string of the molecule is CC(C)(C)OC(=O)NCCCC(=O)OCCN1CCN(CCCCN2c3ccccc3Sc3ccc(Cl)cc32)CC1. The van der Waals surface area contributed by atoms with E-state index in [2.05, 4.69) is 56.4 Å². The van der Waals surface area contributed by atoms with E-state index in [-0.39, 0.29) is 12.4 Å². The molecule has 2 heterocycles. The summed E-state index contributed by atoms with van der Waals surface area (Å²) in [6.45, 7) is 13.1. The van der Waals surface area contributed by atoms with E-state index in [4.69, 9.17) is 21.1 Å². The van der Waals surface area contributed by atoms with E-state index in [1.807, 2.05) is 38.6 Å². The normalized spacial score (nSPS) is 15.7. The van der Waals surface area contributed by atoms with Crippen molar-refractivity contribution in [3.63, 3.8) is 0 Å². The van der Waals surface area contributed by atoms with E-state index in [9.17, 15) is 9.59 Å². The second-order valence-electron chi connectivity index (χ2n) is 11.5. The number of carbonyl (C=O) groups excluding carboxylic acids is 2. The molecule has 0 bridgehead atoms. The van der Waals surface area contributed by atoms with E-state index < -0.39 is 11.7 Å². The first-order valence-corrected chi connectivity index (χ1v) is 15.8. The molecule has 0 radical (unpaired) electrons. The number of fused-ring (bicyclic) bond motifs is 2. The fourth-order valence-corrected chi connectivity index (χ4v) is 6.23. The molecular formula is C31H43ClN4O4S. The lowest BCUT2D eigenvalue weighted by Crippen LogP contribution is -2.47. The number of benzene rings is 2. The van der Waals surface area contributed by atoms with Crippen molar-refractivity contribution in [2.24, 2.45) is 0 Å². The quantitative estimate of drug-likeness (QED) is 0.228. The molecule has 1 saturated heterocycles. The van der Waals surface area contributed by atoms with Gasteiger partial charge in [0.15, 0.2) is 0 Å². The molecule has 2 aromatic carbocycles. The fourth-order valence-electron chi connectivity index (χ4n) is 4.98. The highest BCUT2D eigenvalue weighted by Gasteiger charge is 2.23.